The Bertz CT molecular complexity index is 1380. The lowest BCUT2D eigenvalue weighted by Crippen LogP contribution is -2.40. The molecule has 1 fully saturated rings. The van der Waals surface area contributed by atoms with Crippen molar-refractivity contribution in [3.63, 3.8) is 0 Å². The molecule has 1 saturated carbocycles. The Labute approximate surface area is 205 Å². The number of nitrogens with zero attached hydrogens (tertiary/aromatic N) is 2. The minimum Gasteiger partial charge on any atom is -0.494 e. The number of para-hydroxylation sites is 1. The van der Waals surface area contributed by atoms with Gasteiger partial charge >= 0.3 is 0 Å². The number of rotatable bonds is 7. The lowest BCUT2D eigenvalue weighted by atomic mass is 9.95. The van der Waals surface area contributed by atoms with Crippen LogP contribution in [0.25, 0.3) is 16.8 Å². The Balaban J connectivity index is 1.63. The van der Waals surface area contributed by atoms with Gasteiger partial charge in [-0.3, -0.25) is 14.2 Å². The normalized spacial score (nSPS) is 14.2. The summed E-state index contributed by atoms with van der Waals surface area (Å²) >= 11 is 0. The van der Waals surface area contributed by atoms with Gasteiger partial charge in [-0.05, 0) is 43.5 Å². The molecule has 0 spiro atoms. The molecule has 0 unspecified atom stereocenters. The summed E-state index contributed by atoms with van der Waals surface area (Å²) in [5.41, 5.74) is 3.42. The highest BCUT2D eigenvalue weighted by Crippen LogP contribution is 2.24. The Morgan fingerprint density at radius 1 is 0.971 bits per heavy atom. The fourth-order valence-electron chi connectivity index (χ4n) is 4.99. The number of nitrogens with one attached hydrogen (secondary N) is 1. The van der Waals surface area contributed by atoms with E-state index in [-0.39, 0.29) is 24.1 Å². The minimum atomic E-state index is -0.211. The van der Waals surface area contributed by atoms with Crippen LogP contribution in [0, 0.1) is 0 Å². The molecule has 1 amide bonds. The smallest absolute Gasteiger partial charge is 0.275 e. The van der Waals surface area contributed by atoms with Crippen molar-refractivity contribution in [2.75, 3.05) is 6.61 Å². The van der Waals surface area contributed by atoms with Crippen LogP contribution in [0.5, 0.6) is 5.75 Å². The molecule has 0 atom stereocenters. The predicted molar refractivity (Wildman–Crippen MR) is 138 cm³/mol. The van der Waals surface area contributed by atoms with Gasteiger partial charge in [0.2, 0.25) is 0 Å². The molecule has 0 radical (unpaired) electrons. The van der Waals surface area contributed by atoms with Gasteiger partial charge in [0.15, 0.2) is 0 Å². The summed E-state index contributed by atoms with van der Waals surface area (Å²) in [7, 11) is 0. The van der Waals surface area contributed by atoms with Crippen LogP contribution in [0.1, 0.15) is 55.1 Å². The van der Waals surface area contributed by atoms with Crippen molar-refractivity contribution < 1.29 is 9.53 Å². The van der Waals surface area contributed by atoms with Gasteiger partial charge in [0.25, 0.3) is 11.5 Å². The van der Waals surface area contributed by atoms with E-state index in [1.54, 1.807) is 10.8 Å². The summed E-state index contributed by atoms with van der Waals surface area (Å²) < 4.78 is 9.23. The fraction of sp³-hybridized carbons (Fsp3) is 0.310. The molecule has 180 valence electrons. The molecule has 4 aromatic rings. The number of fused-ring (bicyclic) bond motifs is 1. The summed E-state index contributed by atoms with van der Waals surface area (Å²) in [6, 6.07) is 21.5. The van der Waals surface area contributed by atoms with Crippen molar-refractivity contribution in [1.82, 2.24) is 14.3 Å². The second kappa shape index (κ2) is 10.2. The van der Waals surface area contributed by atoms with Crippen LogP contribution in [0.4, 0.5) is 0 Å². The van der Waals surface area contributed by atoms with Gasteiger partial charge in [0.05, 0.1) is 18.8 Å². The highest BCUT2D eigenvalue weighted by atomic mass is 16.5. The molecule has 35 heavy (non-hydrogen) atoms. The predicted octanol–water partition coefficient (Wildman–Crippen LogP) is 5.28. The zero-order valence-electron chi connectivity index (χ0n) is 20.1. The van der Waals surface area contributed by atoms with Crippen molar-refractivity contribution in [2.45, 2.75) is 51.6 Å². The van der Waals surface area contributed by atoms with Gasteiger partial charge in [-0.2, -0.15) is 0 Å². The van der Waals surface area contributed by atoms with Gasteiger partial charge in [-0.1, -0.05) is 67.8 Å². The van der Waals surface area contributed by atoms with Crippen LogP contribution in [0.15, 0.2) is 77.7 Å². The largest absolute Gasteiger partial charge is 0.494 e. The molecular formula is C29H31N3O3. The molecule has 2 aromatic heterocycles. The van der Waals surface area contributed by atoms with Gasteiger partial charge in [0, 0.05) is 17.8 Å². The average Bonchev–Trinajstić information content (AvgIpc) is 3.32. The lowest BCUT2D eigenvalue weighted by molar-refractivity contribution is 0.0916. The van der Waals surface area contributed by atoms with E-state index in [2.05, 4.69) is 5.32 Å². The number of carbonyl (C=O) groups excluding carboxylic acids is 1. The van der Waals surface area contributed by atoms with E-state index in [9.17, 15) is 9.59 Å². The number of hydrogen-bond donors (Lipinski definition) is 1. The highest BCUT2D eigenvalue weighted by Gasteiger charge is 2.22. The van der Waals surface area contributed by atoms with Gasteiger partial charge in [-0.15, -0.1) is 0 Å². The van der Waals surface area contributed by atoms with E-state index in [4.69, 9.17) is 4.74 Å². The van der Waals surface area contributed by atoms with Crippen molar-refractivity contribution in [3.8, 4) is 17.0 Å². The second-order valence-corrected chi connectivity index (χ2v) is 9.09. The van der Waals surface area contributed by atoms with E-state index >= 15 is 0 Å². The quantitative estimate of drug-likeness (QED) is 0.401. The van der Waals surface area contributed by atoms with E-state index in [0.29, 0.717) is 17.8 Å². The fourth-order valence-corrected chi connectivity index (χ4v) is 4.99. The topological polar surface area (TPSA) is 64.7 Å². The van der Waals surface area contributed by atoms with Crippen LogP contribution in [-0.2, 0) is 6.54 Å². The zero-order chi connectivity index (χ0) is 24.2. The SMILES string of the molecule is CCOc1ccccc1Cn1c(C(=O)NC2CCCCC2)cn2c(-c3ccccc3)ccc2c1=O. The van der Waals surface area contributed by atoms with Crippen LogP contribution >= 0.6 is 0 Å². The van der Waals surface area contributed by atoms with E-state index in [1.165, 1.54) is 6.42 Å². The van der Waals surface area contributed by atoms with Crippen molar-refractivity contribution >= 4 is 11.4 Å². The third-order valence-corrected chi connectivity index (χ3v) is 6.77. The maximum Gasteiger partial charge on any atom is 0.275 e. The van der Waals surface area contributed by atoms with Crippen LogP contribution in [0.3, 0.4) is 0 Å². The third kappa shape index (κ3) is 4.74. The van der Waals surface area contributed by atoms with Gasteiger partial charge in [-0.25, -0.2) is 0 Å². The number of carbonyl (C=O) groups is 1. The zero-order valence-corrected chi connectivity index (χ0v) is 20.1. The molecule has 0 saturated heterocycles. The van der Waals surface area contributed by atoms with Gasteiger partial charge < -0.3 is 14.5 Å². The number of aromatic nitrogens is 2. The minimum absolute atomic E-state index is 0.143. The van der Waals surface area contributed by atoms with Crippen LogP contribution in [0.2, 0.25) is 0 Å². The maximum absolute atomic E-state index is 13.8. The first-order valence-electron chi connectivity index (χ1n) is 12.5. The van der Waals surface area contributed by atoms with E-state index in [1.807, 2.05) is 78.1 Å². The summed E-state index contributed by atoms with van der Waals surface area (Å²) in [6.45, 7) is 2.72. The van der Waals surface area contributed by atoms with E-state index < -0.39 is 0 Å². The summed E-state index contributed by atoms with van der Waals surface area (Å²) in [5, 5.41) is 3.20. The van der Waals surface area contributed by atoms with Crippen LogP contribution < -0.4 is 15.6 Å². The molecule has 0 bridgehead atoms. The Hall–Kier alpha value is -3.80. The first-order valence-corrected chi connectivity index (χ1v) is 12.5. The maximum atomic E-state index is 13.8. The van der Waals surface area contributed by atoms with E-state index in [0.717, 1.165) is 48.3 Å². The number of ether oxygens (including phenoxy) is 1. The standard InChI is InChI=1S/C29H31N3O3/c1-2-35-27-16-10-9-13-22(27)19-32-26(28(33)30-23-14-7-4-8-15-23)20-31-24(17-18-25(31)29(32)34)21-11-5-3-6-12-21/h3,5-6,9-13,16-18,20,23H,2,4,7-8,14-15,19H2,1H3,(H,30,33). The highest BCUT2D eigenvalue weighted by molar-refractivity contribution is 5.93. The van der Waals surface area contributed by atoms with Crippen molar-refractivity contribution in [3.05, 3.63) is 94.5 Å². The number of amides is 1. The molecule has 1 aliphatic rings. The Morgan fingerprint density at radius 2 is 1.71 bits per heavy atom. The first kappa shape index (κ1) is 23.0. The van der Waals surface area contributed by atoms with Crippen LogP contribution in [-0.4, -0.2) is 27.5 Å². The van der Waals surface area contributed by atoms with Crippen molar-refractivity contribution in [1.29, 1.82) is 0 Å². The number of hydrogen-bond acceptors (Lipinski definition) is 3. The molecule has 6 nitrogen and oxygen atoms in total. The van der Waals surface area contributed by atoms with Gasteiger partial charge in [0.1, 0.15) is 17.0 Å². The van der Waals surface area contributed by atoms with Crippen molar-refractivity contribution in [2.24, 2.45) is 0 Å². The monoisotopic (exact) mass is 469 g/mol. The Kier molecular flexibility index (Phi) is 6.70. The molecule has 1 aliphatic carbocycles. The molecule has 6 heteroatoms. The average molecular weight is 470 g/mol. The summed E-state index contributed by atoms with van der Waals surface area (Å²) in [6.07, 6.45) is 7.21. The second-order valence-electron chi connectivity index (χ2n) is 9.09. The molecule has 5 rings (SSSR count). The third-order valence-electron chi connectivity index (χ3n) is 6.77. The molecule has 1 N–H and O–H groups in total. The summed E-state index contributed by atoms with van der Waals surface area (Å²) in [4.78, 5) is 27.4. The number of benzene rings is 2. The lowest BCUT2D eigenvalue weighted by Gasteiger charge is -2.24. The molecule has 0 aliphatic heterocycles. The summed E-state index contributed by atoms with van der Waals surface area (Å²) in [5.74, 6) is 0.512. The first-order chi connectivity index (χ1) is 17.2. The molecular weight excluding hydrogens is 438 g/mol. The molecule has 2 heterocycles. The molecule has 2 aromatic carbocycles. The Morgan fingerprint density at radius 3 is 2.49 bits per heavy atom.